The highest BCUT2D eigenvalue weighted by atomic mass is 32.1. The fraction of sp³-hybridized carbons (Fsp3) is 0. The van der Waals surface area contributed by atoms with Gasteiger partial charge in [-0.15, -0.1) is 0 Å². The molecule has 0 bridgehead atoms. The van der Waals surface area contributed by atoms with Crippen molar-refractivity contribution in [2.75, 3.05) is 0 Å². The van der Waals surface area contributed by atoms with Crippen LogP contribution in [-0.2, 0) is 0 Å². The Kier molecular flexibility index (Phi) is 1.59. The summed E-state index contributed by atoms with van der Waals surface area (Å²) in [6.45, 7) is 0. The van der Waals surface area contributed by atoms with E-state index >= 15 is 0 Å². The van der Waals surface area contributed by atoms with Crippen molar-refractivity contribution in [3.8, 4) is 11.1 Å². The third-order valence-corrected chi connectivity index (χ3v) is 3.20. The van der Waals surface area contributed by atoms with Crippen LogP contribution in [0.1, 0.15) is 1.37 Å². The Morgan fingerprint density at radius 2 is 2.21 bits per heavy atom. The maximum atomic E-state index is 7.79. The average Bonchev–Trinajstić information content (AvgIpc) is 2.85. The molecule has 14 heavy (non-hydrogen) atoms. The molecule has 0 aliphatic carbocycles. The van der Waals surface area contributed by atoms with Crippen LogP contribution in [0.15, 0.2) is 35.0 Å². The topological polar surface area (TPSA) is 25.8 Å². The Labute approximate surface area is 90.6 Å². The quantitative estimate of drug-likeness (QED) is 0.626. The fourth-order valence-corrected chi connectivity index (χ4v) is 2.53. The van der Waals surface area contributed by atoms with Crippen LogP contribution in [0.3, 0.4) is 0 Å². The highest BCUT2D eigenvalue weighted by Gasteiger charge is 2.06. The molecular formula is C10H6N2S2. The summed E-state index contributed by atoms with van der Waals surface area (Å²) in [6, 6.07) is 7.85. The molecule has 0 saturated carbocycles. The molecule has 0 aliphatic rings. The van der Waals surface area contributed by atoms with Gasteiger partial charge >= 0.3 is 0 Å². The largest absolute Gasteiger partial charge is 0.173 e. The van der Waals surface area contributed by atoms with Gasteiger partial charge in [-0.1, -0.05) is 12.1 Å². The molecule has 0 atom stereocenters. The summed E-state index contributed by atoms with van der Waals surface area (Å²) in [5, 5.41) is 2.51. The molecule has 0 radical (unpaired) electrons. The van der Waals surface area contributed by atoms with Gasteiger partial charge in [-0.25, -0.2) is 0 Å². The lowest BCUT2D eigenvalue weighted by Crippen LogP contribution is -1.76. The van der Waals surface area contributed by atoms with Crippen molar-refractivity contribution in [3.05, 3.63) is 35.0 Å². The minimum Gasteiger partial charge on any atom is -0.173 e. The number of benzene rings is 1. The lowest BCUT2D eigenvalue weighted by molar-refractivity contribution is 1.63. The van der Waals surface area contributed by atoms with Gasteiger partial charge in [-0.05, 0) is 28.4 Å². The number of nitrogens with zero attached hydrogens (tertiary/aromatic N) is 2. The molecule has 68 valence electrons. The van der Waals surface area contributed by atoms with Crippen LogP contribution < -0.4 is 0 Å². The van der Waals surface area contributed by atoms with E-state index in [-0.39, 0.29) is 0 Å². The van der Waals surface area contributed by atoms with Gasteiger partial charge in [0, 0.05) is 5.56 Å². The maximum absolute atomic E-state index is 7.79. The van der Waals surface area contributed by atoms with Gasteiger partial charge in [0.05, 0.1) is 13.1 Å². The smallest absolute Gasteiger partial charge is 0.112 e. The van der Waals surface area contributed by atoms with E-state index in [1.165, 1.54) is 23.1 Å². The van der Waals surface area contributed by atoms with E-state index in [0.717, 1.165) is 22.2 Å². The molecule has 1 aromatic carbocycles. The molecule has 0 unspecified atom stereocenters. The molecule has 0 fully saturated rings. The minimum atomic E-state index is 0.579. The summed E-state index contributed by atoms with van der Waals surface area (Å²) in [5.41, 5.74) is 3.75. The van der Waals surface area contributed by atoms with Crippen molar-refractivity contribution < 1.29 is 1.37 Å². The van der Waals surface area contributed by atoms with E-state index in [2.05, 4.69) is 8.75 Å². The van der Waals surface area contributed by atoms with Crippen molar-refractivity contribution in [1.29, 1.82) is 0 Å². The second-order valence-corrected chi connectivity index (χ2v) is 4.11. The van der Waals surface area contributed by atoms with Crippen LogP contribution >= 0.6 is 23.1 Å². The molecule has 3 rings (SSSR count). The van der Waals surface area contributed by atoms with E-state index in [1.54, 1.807) is 0 Å². The molecule has 2 aromatic heterocycles. The first-order valence-corrected chi connectivity index (χ1v) is 5.73. The van der Waals surface area contributed by atoms with Crippen molar-refractivity contribution in [2.24, 2.45) is 0 Å². The summed E-state index contributed by atoms with van der Waals surface area (Å²) in [4.78, 5) is 0. The summed E-state index contributed by atoms with van der Waals surface area (Å²) in [7, 11) is 0. The predicted molar refractivity (Wildman–Crippen MR) is 60.7 cm³/mol. The van der Waals surface area contributed by atoms with Gasteiger partial charge in [0.1, 0.15) is 11.0 Å². The summed E-state index contributed by atoms with van der Waals surface area (Å²) in [5.74, 6) is 0. The Balaban J connectivity index is 2.36. The summed E-state index contributed by atoms with van der Waals surface area (Å²) < 4.78 is 16.2. The van der Waals surface area contributed by atoms with E-state index in [4.69, 9.17) is 1.37 Å². The Morgan fingerprint density at radius 1 is 1.21 bits per heavy atom. The van der Waals surface area contributed by atoms with E-state index < -0.39 is 0 Å². The van der Waals surface area contributed by atoms with Crippen LogP contribution in [0.2, 0.25) is 0 Å². The zero-order chi connectivity index (χ0) is 10.3. The third kappa shape index (κ3) is 1.15. The highest BCUT2D eigenvalue weighted by molar-refractivity contribution is 7.08. The van der Waals surface area contributed by atoms with Crippen LogP contribution in [0.4, 0.5) is 0 Å². The lowest BCUT2D eigenvalue weighted by atomic mass is 10.1. The van der Waals surface area contributed by atoms with Gasteiger partial charge < -0.3 is 0 Å². The number of thiophene rings is 1. The molecule has 3 aromatic rings. The number of hydrogen-bond donors (Lipinski definition) is 0. The first-order chi connectivity index (χ1) is 7.36. The van der Waals surface area contributed by atoms with Crippen molar-refractivity contribution in [2.45, 2.75) is 0 Å². The molecule has 0 aliphatic heterocycles. The fourth-order valence-electron chi connectivity index (χ4n) is 1.40. The van der Waals surface area contributed by atoms with E-state index in [9.17, 15) is 0 Å². The Bertz CT molecular complexity index is 614. The minimum absolute atomic E-state index is 0.579. The molecule has 2 nitrogen and oxygen atoms in total. The molecule has 0 saturated heterocycles. The molecular weight excluding hydrogens is 212 g/mol. The molecule has 0 N–H and O–H groups in total. The lowest BCUT2D eigenvalue weighted by Gasteiger charge is -1.96. The highest BCUT2D eigenvalue weighted by Crippen LogP contribution is 2.28. The average molecular weight is 219 g/mol. The summed E-state index contributed by atoms with van der Waals surface area (Å²) in [6.07, 6.45) is 0. The second kappa shape index (κ2) is 3.15. The number of hydrogen-bond acceptors (Lipinski definition) is 4. The van der Waals surface area contributed by atoms with Crippen LogP contribution in [0, 0.1) is 0 Å². The molecule has 0 amide bonds. The Morgan fingerprint density at radius 3 is 3.07 bits per heavy atom. The van der Waals surface area contributed by atoms with Crippen LogP contribution in [-0.4, -0.2) is 8.75 Å². The van der Waals surface area contributed by atoms with E-state index in [1.807, 2.05) is 29.6 Å². The maximum Gasteiger partial charge on any atom is 0.112 e. The van der Waals surface area contributed by atoms with Gasteiger partial charge in [-0.2, -0.15) is 20.1 Å². The monoisotopic (exact) mass is 219 g/mol. The first-order valence-electron chi connectivity index (χ1n) is 4.62. The van der Waals surface area contributed by atoms with Crippen molar-refractivity contribution in [3.63, 3.8) is 0 Å². The number of rotatable bonds is 1. The van der Waals surface area contributed by atoms with Crippen LogP contribution in [0.25, 0.3) is 22.2 Å². The van der Waals surface area contributed by atoms with Gasteiger partial charge in [0.25, 0.3) is 0 Å². The first kappa shape index (κ1) is 7.09. The molecule has 4 heteroatoms. The van der Waals surface area contributed by atoms with Gasteiger partial charge in [0.2, 0.25) is 0 Å². The molecule has 2 heterocycles. The van der Waals surface area contributed by atoms with Gasteiger partial charge in [-0.3, -0.25) is 0 Å². The van der Waals surface area contributed by atoms with Crippen molar-refractivity contribution >= 4 is 34.1 Å². The van der Waals surface area contributed by atoms with Crippen molar-refractivity contribution in [1.82, 2.24) is 8.75 Å². The standard InChI is InChI=1S/C10H6N2S2/c1-2-8(7-4-5-13-6-7)10-9(3-1)11-14-12-10/h1-6H/i6D. The number of aromatic nitrogens is 2. The van der Waals surface area contributed by atoms with Crippen LogP contribution in [0.5, 0.6) is 0 Å². The normalized spacial score (nSPS) is 11.9. The number of fused-ring (bicyclic) bond motifs is 1. The second-order valence-electron chi connectivity index (χ2n) is 2.87. The zero-order valence-electron chi connectivity index (χ0n) is 8.10. The zero-order valence-corrected chi connectivity index (χ0v) is 8.73. The third-order valence-electron chi connectivity index (χ3n) is 2.05. The summed E-state index contributed by atoms with van der Waals surface area (Å²) >= 11 is 2.64. The SMILES string of the molecule is [2H]c1sccc1-c1cccc2nsnc12. The van der Waals surface area contributed by atoms with Gasteiger partial charge in [0.15, 0.2) is 0 Å². The predicted octanol–water partition coefficient (Wildman–Crippen LogP) is 3.42. The Hall–Kier alpha value is -1.26. The van der Waals surface area contributed by atoms with E-state index in [0.29, 0.717) is 5.36 Å². The molecule has 0 spiro atoms.